The number of carbonyl (C=O) groups is 1. The maximum Gasteiger partial charge on any atom is 0.223 e. The number of benzene rings is 1. The van der Waals surface area contributed by atoms with Crippen LogP contribution in [0.5, 0.6) is 0 Å². The van der Waals surface area contributed by atoms with E-state index in [2.05, 4.69) is 22.5 Å². The van der Waals surface area contributed by atoms with Gasteiger partial charge in [0.15, 0.2) is 0 Å². The molecule has 2 unspecified atom stereocenters. The van der Waals surface area contributed by atoms with E-state index in [0.717, 1.165) is 24.9 Å². The number of carbonyl (C=O) groups excluding carboxylic acids is 1. The summed E-state index contributed by atoms with van der Waals surface area (Å²) < 4.78 is 1.91. The van der Waals surface area contributed by atoms with Crippen LogP contribution in [0.15, 0.2) is 42.7 Å². The van der Waals surface area contributed by atoms with E-state index >= 15 is 0 Å². The Kier molecular flexibility index (Phi) is 6.55. The second-order valence-electron chi connectivity index (χ2n) is 7.89. The Morgan fingerprint density at radius 2 is 1.85 bits per heavy atom. The highest BCUT2D eigenvalue weighted by Gasteiger charge is 2.40. The summed E-state index contributed by atoms with van der Waals surface area (Å²) in [5, 5.41) is 7.46. The third-order valence-electron chi connectivity index (χ3n) is 6.25. The normalized spacial score (nSPS) is 26.9. The zero-order valence-corrected chi connectivity index (χ0v) is 16.4. The van der Waals surface area contributed by atoms with Crippen LogP contribution in [0.1, 0.15) is 43.2 Å². The van der Waals surface area contributed by atoms with Crippen LogP contribution in [0, 0.1) is 17.8 Å². The number of nitrogens with zero attached hydrogens (tertiary/aromatic N) is 2. The average molecular weight is 389 g/mol. The molecule has 2 aliphatic carbocycles. The Labute approximate surface area is 167 Å². The molecule has 2 aromatic rings. The second kappa shape index (κ2) is 8.89. The molecule has 2 fully saturated rings. The van der Waals surface area contributed by atoms with Gasteiger partial charge in [0.2, 0.25) is 5.91 Å². The van der Waals surface area contributed by atoms with Crippen molar-refractivity contribution in [3.8, 4) is 0 Å². The van der Waals surface area contributed by atoms with Crippen LogP contribution in [-0.2, 0) is 17.9 Å². The summed E-state index contributed by atoms with van der Waals surface area (Å²) in [5.74, 6) is 1.39. The van der Waals surface area contributed by atoms with Gasteiger partial charge >= 0.3 is 0 Å². The molecule has 4 rings (SSSR count). The largest absolute Gasteiger partial charge is 0.352 e. The lowest BCUT2D eigenvalue weighted by molar-refractivity contribution is -0.128. The quantitative estimate of drug-likeness (QED) is 0.826. The minimum Gasteiger partial charge on any atom is -0.352 e. The van der Waals surface area contributed by atoms with Crippen molar-refractivity contribution in [2.75, 3.05) is 0 Å². The number of fused-ring (bicyclic) bond motifs is 2. The SMILES string of the molecule is Cl.NC1C2CCCC1CC(C(=O)NCc1ccccc1Cn1cccn1)C2. The summed E-state index contributed by atoms with van der Waals surface area (Å²) in [5.41, 5.74) is 8.71. The number of rotatable bonds is 5. The number of hydrogen-bond donors (Lipinski definition) is 2. The van der Waals surface area contributed by atoms with Gasteiger partial charge in [0.1, 0.15) is 0 Å². The van der Waals surface area contributed by atoms with Crippen molar-refractivity contribution < 1.29 is 4.79 Å². The van der Waals surface area contributed by atoms with Crippen molar-refractivity contribution in [2.45, 2.75) is 51.2 Å². The lowest BCUT2D eigenvalue weighted by atomic mass is 9.65. The number of aromatic nitrogens is 2. The van der Waals surface area contributed by atoms with Crippen molar-refractivity contribution in [3.63, 3.8) is 0 Å². The van der Waals surface area contributed by atoms with E-state index in [1.807, 2.05) is 29.1 Å². The van der Waals surface area contributed by atoms with Gasteiger partial charge in [0.05, 0.1) is 6.54 Å². The zero-order chi connectivity index (χ0) is 17.9. The topological polar surface area (TPSA) is 72.9 Å². The molecule has 2 atom stereocenters. The minimum atomic E-state index is 0. The van der Waals surface area contributed by atoms with E-state index in [0.29, 0.717) is 24.4 Å². The number of amides is 1. The summed E-state index contributed by atoms with van der Waals surface area (Å²) in [6.45, 7) is 1.30. The maximum atomic E-state index is 12.8. The molecule has 0 aliphatic heterocycles. The average Bonchev–Trinajstić information content (AvgIpc) is 3.13. The molecule has 0 radical (unpaired) electrons. The van der Waals surface area contributed by atoms with Gasteiger partial charge in [0, 0.05) is 30.9 Å². The van der Waals surface area contributed by atoms with Gasteiger partial charge in [-0.3, -0.25) is 9.48 Å². The number of nitrogens with one attached hydrogen (secondary N) is 1. The van der Waals surface area contributed by atoms with E-state index in [4.69, 9.17) is 5.73 Å². The molecule has 146 valence electrons. The molecule has 1 heterocycles. The molecule has 1 amide bonds. The fourth-order valence-electron chi connectivity index (χ4n) is 4.78. The third kappa shape index (κ3) is 4.53. The summed E-state index contributed by atoms with van der Waals surface area (Å²) in [7, 11) is 0. The van der Waals surface area contributed by atoms with Crippen LogP contribution in [0.4, 0.5) is 0 Å². The molecule has 2 aliphatic rings. The van der Waals surface area contributed by atoms with Gasteiger partial charge in [-0.2, -0.15) is 5.10 Å². The summed E-state index contributed by atoms with van der Waals surface area (Å²) in [6.07, 6.45) is 9.31. The van der Waals surface area contributed by atoms with Gasteiger partial charge in [-0.25, -0.2) is 0 Å². The first-order valence-electron chi connectivity index (χ1n) is 9.78. The van der Waals surface area contributed by atoms with Crippen LogP contribution in [0.3, 0.4) is 0 Å². The van der Waals surface area contributed by atoms with Crippen molar-refractivity contribution in [1.29, 1.82) is 0 Å². The standard InChI is InChI=1S/C21H28N4O.ClH/c22-20-15-7-3-8-16(20)12-19(11-15)21(26)23-13-17-5-1-2-6-18(17)14-25-10-4-9-24-25;/h1-2,4-6,9-10,15-16,19-20H,3,7-8,11-14,22H2,(H,23,26);1H. The van der Waals surface area contributed by atoms with E-state index in [-0.39, 0.29) is 24.2 Å². The number of nitrogens with two attached hydrogens (primary N) is 1. The van der Waals surface area contributed by atoms with E-state index < -0.39 is 0 Å². The van der Waals surface area contributed by atoms with Gasteiger partial charge in [-0.1, -0.05) is 30.7 Å². The van der Waals surface area contributed by atoms with Crippen LogP contribution < -0.4 is 11.1 Å². The molecule has 5 nitrogen and oxygen atoms in total. The molecule has 1 aromatic carbocycles. The molecule has 2 bridgehead atoms. The Bertz CT molecular complexity index is 734. The van der Waals surface area contributed by atoms with Crippen molar-refractivity contribution in [1.82, 2.24) is 15.1 Å². The van der Waals surface area contributed by atoms with Crippen molar-refractivity contribution in [2.24, 2.45) is 23.5 Å². The van der Waals surface area contributed by atoms with Crippen molar-refractivity contribution in [3.05, 3.63) is 53.9 Å². The molecule has 1 aromatic heterocycles. The third-order valence-corrected chi connectivity index (χ3v) is 6.25. The van der Waals surface area contributed by atoms with Gasteiger partial charge in [-0.15, -0.1) is 12.4 Å². The first-order valence-corrected chi connectivity index (χ1v) is 9.78. The second-order valence-corrected chi connectivity index (χ2v) is 7.89. The van der Waals surface area contributed by atoms with E-state index in [1.54, 1.807) is 6.20 Å². The highest BCUT2D eigenvalue weighted by atomic mass is 35.5. The van der Waals surface area contributed by atoms with Crippen LogP contribution in [-0.4, -0.2) is 21.7 Å². The summed E-state index contributed by atoms with van der Waals surface area (Å²) >= 11 is 0. The molecule has 0 spiro atoms. The highest BCUT2D eigenvalue weighted by molar-refractivity contribution is 5.85. The van der Waals surface area contributed by atoms with E-state index in [9.17, 15) is 4.79 Å². The number of hydrogen-bond acceptors (Lipinski definition) is 3. The van der Waals surface area contributed by atoms with Crippen molar-refractivity contribution >= 4 is 18.3 Å². The molecule has 2 saturated carbocycles. The Morgan fingerprint density at radius 3 is 2.52 bits per heavy atom. The minimum absolute atomic E-state index is 0. The molecule has 27 heavy (non-hydrogen) atoms. The Morgan fingerprint density at radius 1 is 1.15 bits per heavy atom. The lowest BCUT2D eigenvalue weighted by Gasteiger charge is -2.43. The predicted molar refractivity (Wildman–Crippen MR) is 108 cm³/mol. The van der Waals surface area contributed by atoms with Crippen LogP contribution in [0.2, 0.25) is 0 Å². The van der Waals surface area contributed by atoms with Gasteiger partial charge < -0.3 is 11.1 Å². The Balaban J connectivity index is 0.00000210. The fraction of sp³-hybridized carbons (Fsp3) is 0.524. The molecule has 0 saturated heterocycles. The Hall–Kier alpha value is -1.85. The smallest absolute Gasteiger partial charge is 0.223 e. The van der Waals surface area contributed by atoms with Gasteiger partial charge in [0.25, 0.3) is 0 Å². The monoisotopic (exact) mass is 388 g/mol. The highest BCUT2D eigenvalue weighted by Crippen LogP contribution is 2.41. The van der Waals surface area contributed by atoms with Crippen LogP contribution >= 0.6 is 12.4 Å². The zero-order valence-electron chi connectivity index (χ0n) is 15.6. The molecular weight excluding hydrogens is 360 g/mol. The predicted octanol–water partition coefficient (Wildman–Crippen LogP) is 3.12. The molecule has 3 N–H and O–H groups in total. The summed E-state index contributed by atoms with van der Waals surface area (Å²) in [6, 6.07) is 10.5. The van der Waals surface area contributed by atoms with Gasteiger partial charge in [-0.05, 0) is 54.7 Å². The maximum absolute atomic E-state index is 12.8. The lowest BCUT2D eigenvalue weighted by Crippen LogP contribution is -2.49. The molecule has 6 heteroatoms. The fourth-order valence-corrected chi connectivity index (χ4v) is 4.78. The first kappa shape index (κ1) is 19.9. The van der Waals surface area contributed by atoms with Crippen LogP contribution in [0.25, 0.3) is 0 Å². The number of halogens is 1. The van der Waals surface area contributed by atoms with E-state index in [1.165, 1.54) is 24.8 Å². The first-order chi connectivity index (χ1) is 12.7. The molecular formula is C21H29ClN4O. The summed E-state index contributed by atoms with van der Waals surface area (Å²) in [4.78, 5) is 12.8.